The first kappa shape index (κ1) is 13.4. The standard InChI is InChI=1S/C12H23NO/c1-4-6-7-8-9-10-11-13(5-2)12(3)14/h7-10,12,14H,4-6,11H2,1-3H3/b8-7+,10-9+. The number of likely N-dealkylation sites (N-methyl/N-ethyl adjacent to an activating group) is 1. The zero-order valence-electron chi connectivity index (χ0n) is 9.61. The van der Waals surface area contributed by atoms with Crippen molar-refractivity contribution in [1.82, 2.24) is 4.90 Å². The summed E-state index contributed by atoms with van der Waals surface area (Å²) >= 11 is 0. The Hall–Kier alpha value is -0.600. The third kappa shape index (κ3) is 6.87. The molecule has 0 aliphatic carbocycles. The molecule has 1 atom stereocenters. The lowest BCUT2D eigenvalue weighted by atomic mass is 10.3. The first-order valence-corrected chi connectivity index (χ1v) is 5.46. The molecular weight excluding hydrogens is 174 g/mol. The summed E-state index contributed by atoms with van der Waals surface area (Å²) in [6, 6.07) is 0. The second-order valence-electron chi connectivity index (χ2n) is 3.36. The Morgan fingerprint density at radius 2 is 1.86 bits per heavy atom. The van der Waals surface area contributed by atoms with Crippen LogP contribution in [0.2, 0.25) is 0 Å². The summed E-state index contributed by atoms with van der Waals surface area (Å²) in [5.41, 5.74) is 0. The summed E-state index contributed by atoms with van der Waals surface area (Å²) in [5.74, 6) is 0. The number of nitrogens with zero attached hydrogens (tertiary/aromatic N) is 1. The molecule has 82 valence electrons. The van der Waals surface area contributed by atoms with Gasteiger partial charge < -0.3 is 5.11 Å². The van der Waals surface area contributed by atoms with Crippen LogP contribution in [0, 0.1) is 0 Å². The van der Waals surface area contributed by atoms with Crippen molar-refractivity contribution in [3.63, 3.8) is 0 Å². The molecule has 0 heterocycles. The molecule has 1 N–H and O–H groups in total. The molecule has 0 amide bonds. The van der Waals surface area contributed by atoms with Crippen LogP contribution >= 0.6 is 0 Å². The lowest BCUT2D eigenvalue weighted by Crippen LogP contribution is -2.32. The average Bonchev–Trinajstić information content (AvgIpc) is 2.16. The zero-order valence-corrected chi connectivity index (χ0v) is 9.61. The minimum Gasteiger partial charge on any atom is -0.379 e. The van der Waals surface area contributed by atoms with Gasteiger partial charge in [-0.15, -0.1) is 0 Å². The molecule has 0 spiro atoms. The summed E-state index contributed by atoms with van der Waals surface area (Å²) in [4.78, 5) is 1.99. The second kappa shape index (κ2) is 8.97. The molecule has 2 heteroatoms. The van der Waals surface area contributed by atoms with E-state index in [1.54, 1.807) is 6.92 Å². The zero-order chi connectivity index (χ0) is 10.8. The van der Waals surface area contributed by atoms with Crippen LogP contribution < -0.4 is 0 Å². The van der Waals surface area contributed by atoms with Gasteiger partial charge in [-0.1, -0.05) is 44.6 Å². The second-order valence-corrected chi connectivity index (χ2v) is 3.36. The van der Waals surface area contributed by atoms with E-state index in [0.29, 0.717) is 0 Å². The van der Waals surface area contributed by atoms with Gasteiger partial charge in [-0.3, -0.25) is 4.90 Å². The molecule has 0 aromatic heterocycles. The van der Waals surface area contributed by atoms with E-state index in [1.165, 1.54) is 6.42 Å². The van der Waals surface area contributed by atoms with Crippen molar-refractivity contribution >= 4 is 0 Å². The van der Waals surface area contributed by atoms with Crippen molar-refractivity contribution in [2.24, 2.45) is 0 Å². The van der Waals surface area contributed by atoms with Crippen molar-refractivity contribution in [2.75, 3.05) is 13.1 Å². The average molecular weight is 197 g/mol. The quantitative estimate of drug-likeness (QED) is 0.501. The predicted molar refractivity (Wildman–Crippen MR) is 62.1 cm³/mol. The van der Waals surface area contributed by atoms with Crippen LogP contribution in [0.4, 0.5) is 0 Å². The smallest absolute Gasteiger partial charge is 0.104 e. The largest absolute Gasteiger partial charge is 0.379 e. The van der Waals surface area contributed by atoms with Gasteiger partial charge in [-0.2, -0.15) is 0 Å². The molecule has 0 saturated carbocycles. The Morgan fingerprint density at radius 3 is 2.36 bits per heavy atom. The molecule has 0 aromatic carbocycles. The maximum Gasteiger partial charge on any atom is 0.104 e. The van der Waals surface area contributed by atoms with Crippen LogP contribution in [-0.2, 0) is 0 Å². The Balaban J connectivity index is 3.68. The molecule has 0 aliphatic heterocycles. The first-order chi connectivity index (χ1) is 6.72. The molecule has 14 heavy (non-hydrogen) atoms. The molecule has 0 aliphatic rings. The Morgan fingerprint density at radius 1 is 1.21 bits per heavy atom. The van der Waals surface area contributed by atoms with Gasteiger partial charge in [0, 0.05) is 6.54 Å². The molecule has 0 saturated heterocycles. The number of unbranched alkanes of at least 4 members (excludes halogenated alkanes) is 1. The number of hydrogen-bond acceptors (Lipinski definition) is 2. The third-order valence-electron chi connectivity index (χ3n) is 2.11. The van der Waals surface area contributed by atoms with E-state index in [1.807, 2.05) is 17.9 Å². The minimum atomic E-state index is -0.357. The van der Waals surface area contributed by atoms with Crippen molar-refractivity contribution in [2.45, 2.75) is 39.8 Å². The number of aliphatic hydroxyl groups is 1. The Bertz CT molecular complexity index is 173. The Kier molecular flexibility index (Phi) is 8.59. The van der Waals surface area contributed by atoms with Gasteiger partial charge in [0.2, 0.25) is 0 Å². The topological polar surface area (TPSA) is 23.5 Å². The fourth-order valence-electron chi connectivity index (χ4n) is 1.16. The summed E-state index contributed by atoms with van der Waals surface area (Å²) in [6.07, 6.45) is 10.3. The van der Waals surface area contributed by atoms with Crippen LogP contribution in [0.1, 0.15) is 33.6 Å². The first-order valence-electron chi connectivity index (χ1n) is 5.46. The molecule has 1 unspecified atom stereocenters. The summed E-state index contributed by atoms with van der Waals surface area (Å²) in [5, 5.41) is 9.33. The highest BCUT2D eigenvalue weighted by Crippen LogP contribution is 1.95. The van der Waals surface area contributed by atoms with E-state index in [-0.39, 0.29) is 6.23 Å². The van der Waals surface area contributed by atoms with Crippen molar-refractivity contribution in [3.8, 4) is 0 Å². The molecular formula is C12H23NO. The number of rotatable bonds is 7. The summed E-state index contributed by atoms with van der Waals surface area (Å²) in [7, 11) is 0. The van der Waals surface area contributed by atoms with E-state index in [9.17, 15) is 5.11 Å². The van der Waals surface area contributed by atoms with E-state index in [2.05, 4.69) is 25.2 Å². The van der Waals surface area contributed by atoms with E-state index in [4.69, 9.17) is 0 Å². The van der Waals surface area contributed by atoms with E-state index >= 15 is 0 Å². The molecule has 0 fully saturated rings. The van der Waals surface area contributed by atoms with Gasteiger partial charge in [-0.05, 0) is 19.9 Å². The van der Waals surface area contributed by atoms with Gasteiger partial charge in [0.05, 0.1) is 0 Å². The van der Waals surface area contributed by atoms with Crippen LogP contribution in [0.15, 0.2) is 24.3 Å². The fraction of sp³-hybridized carbons (Fsp3) is 0.667. The normalized spacial score (nSPS) is 14.6. The molecule has 0 bridgehead atoms. The van der Waals surface area contributed by atoms with Crippen molar-refractivity contribution in [1.29, 1.82) is 0 Å². The van der Waals surface area contributed by atoms with Crippen LogP contribution in [-0.4, -0.2) is 29.3 Å². The van der Waals surface area contributed by atoms with Gasteiger partial charge in [0.25, 0.3) is 0 Å². The van der Waals surface area contributed by atoms with Crippen molar-refractivity contribution in [3.05, 3.63) is 24.3 Å². The monoisotopic (exact) mass is 197 g/mol. The maximum atomic E-state index is 9.33. The minimum absolute atomic E-state index is 0.357. The Labute approximate surface area is 87.9 Å². The van der Waals surface area contributed by atoms with Crippen LogP contribution in [0.3, 0.4) is 0 Å². The maximum absolute atomic E-state index is 9.33. The third-order valence-corrected chi connectivity index (χ3v) is 2.11. The van der Waals surface area contributed by atoms with Gasteiger partial charge in [0.15, 0.2) is 0 Å². The highest BCUT2D eigenvalue weighted by atomic mass is 16.3. The molecule has 0 aromatic rings. The number of aliphatic hydroxyl groups excluding tert-OH is 1. The van der Waals surface area contributed by atoms with Crippen LogP contribution in [0.5, 0.6) is 0 Å². The van der Waals surface area contributed by atoms with Gasteiger partial charge in [-0.25, -0.2) is 0 Å². The van der Waals surface area contributed by atoms with Crippen molar-refractivity contribution < 1.29 is 5.11 Å². The SMILES string of the molecule is CCC/C=C/C=C/CN(CC)C(C)O. The highest BCUT2D eigenvalue weighted by molar-refractivity contribution is 5.03. The van der Waals surface area contributed by atoms with E-state index in [0.717, 1.165) is 19.5 Å². The number of hydrogen-bond donors (Lipinski definition) is 1. The number of allylic oxidation sites excluding steroid dienone is 3. The van der Waals surface area contributed by atoms with Crippen LogP contribution in [0.25, 0.3) is 0 Å². The van der Waals surface area contributed by atoms with Gasteiger partial charge in [0.1, 0.15) is 6.23 Å². The van der Waals surface area contributed by atoms with E-state index < -0.39 is 0 Å². The van der Waals surface area contributed by atoms with Gasteiger partial charge >= 0.3 is 0 Å². The molecule has 0 radical (unpaired) electrons. The highest BCUT2D eigenvalue weighted by Gasteiger charge is 2.04. The lowest BCUT2D eigenvalue weighted by molar-refractivity contribution is 0.0312. The molecule has 0 rings (SSSR count). The lowest BCUT2D eigenvalue weighted by Gasteiger charge is -2.21. The fourth-order valence-corrected chi connectivity index (χ4v) is 1.16. The predicted octanol–water partition coefficient (Wildman–Crippen LogP) is 2.56. The molecule has 2 nitrogen and oxygen atoms in total. The summed E-state index contributed by atoms with van der Waals surface area (Å²) in [6.45, 7) is 7.70. The summed E-state index contributed by atoms with van der Waals surface area (Å²) < 4.78 is 0.